The number of amides is 1. The number of benzene rings is 2. The second-order valence-electron chi connectivity index (χ2n) is 6.47. The van der Waals surface area contributed by atoms with Crippen LogP contribution >= 0.6 is 46.8 Å². The number of aryl methyl sites for hydroxylation is 1. The molecule has 0 unspecified atom stereocenters. The molecule has 3 N–H and O–H groups in total. The Balaban J connectivity index is 1.54. The van der Waals surface area contributed by atoms with E-state index in [1.807, 2.05) is 12.1 Å². The average molecular weight is 479 g/mol. The molecule has 0 spiro atoms. The van der Waals surface area contributed by atoms with Crippen molar-refractivity contribution in [2.24, 2.45) is 0 Å². The van der Waals surface area contributed by atoms with Crippen molar-refractivity contribution in [3.63, 3.8) is 0 Å². The summed E-state index contributed by atoms with van der Waals surface area (Å²) in [7, 11) is 0. The van der Waals surface area contributed by atoms with E-state index in [0.717, 1.165) is 35.6 Å². The summed E-state index contributed by atoms with van der Waals surface area (Å²) in [5, 5.41) is 13.1. The van der Waals surface area contributed by atoms with Gasteiger partial charge in [-0.3, -0.25) is 4.79 Å². The number of thiazole rings is 1. The van der Waals surface area contributed by atoms with E-state index in [1.54, 1.807) is 35.7 Å². The van der Waals surface area contributed by atoms with Crippen LogP contribution in [0, 0.1) is 0 Å². The fraction of sp³-hybridized carbons (Fsp3) is 0.190. The second-order valence-corrected chi connectivity index (χ2v) is 8.63. The van der Waals surface area contributed by atoms with Crippen molar-refractivity contribution in [1.82, 2.24) is 4.98 Å². The normalized spacial score (nSPS) is 10.5. The molecule has 1 heterocycles. The number of rotatable bonds is 7. The van der Waals surface area contributed by atoms with E-state index in [-0.39, 0.29) is 5.91 Å². The molecule has 0 aliphatic heterocycles. The van der Waals surface area contributed by atoms with Crippen molar-refractivity contribution in [1.29, 1.82) is 0 Å². The molecule has 0 saturated heterocycles. The van der Waals surface area contributed by atoms with Gasteiger partial charge in [-0.25, -0.2) is 4.98 Å². The van der Waals surface area contributed by atoms with Gasteiger partial charge in [0.2, 0.25) is 0 Å². The summed E-state index contributed by atoms with van der Waals surface area (Å²) in [6.45, 7) is 2.13. The maximum absolute atomic E-state index is 12.4. The summed E-state index contributed by atoms with van der Waals surface area (Å²) < 4.78 is 0. The van der Waals surface area contributed by atoms with E-state index in [0.29, 0.717) is 26.5 Å². The number of anilines is 3. The molecule has 0 atom stereocenters. The number of hydrogen-bond acceptors (Lipinski definition) is 4. The maximum atomic E-state index is 12.4. The molecule has 0 aliphatic carbocycles. The highest BCUT2D eigenvalue weighted by molar-refractivity contribution is 7.80. The quantitative estimate of drug-likeness (QED) is 0.323. The summed E-state index contributed by atoms with van der Waals surface area (Å²) in [4.78, 5) is 16.8. The Hall–Kier alpha value is -2.19. The smallest absolute Gasteiger partial charge is 0.275 e. The Morgan fingerprint density at radius 1 is 1.00 bits per heavy atom. The topological polar surface area (TPSA) is 66.0 Å². The van der Waals surface area contributed by atoms with Gasteiger partial charge in [-0.1, -0.05) is 36.5 Å². The number of nitrogens with one attached hydrogen (secondary N) is 3. The zero-order chi connectivity index (χ0) is 21.5. The molecule has 0 aliphatic rings. The standard InChI is InChI=1S/C21H20Cl2N4OS2/c1-2-3-4-19-27-18(12-30-19)20(28)24-13-5-7-14(8-6-13)25-21(29)26-15-9-10-16(22)17(23)11-15/h5-12H,2-4H2,1H3,(H,24,28)(H2,25,26,29). The first kappa shape index (κ1) is 22.5. The lowest BCUT2D eigenvalue weighted by Gasteiger charge is -2.12. The molecule has 3 rings (SSSR count). The van der Waals surface area contributed by atoms with E-state index in [1.165, 1.54) is 11.3 Å². The van der Waals surface area contributed by atoms with E-state index in [9.17, 15) is 4.79 Å². The van der Waals surface area contributed by atoms with Crippen LogP contribution in [0.25, 0.3) is 0 Å². The highest BCUT2D eigenvalue weighted by atomic mass is 35.5. The van der Waals surface area contributed by atoms with Gasteiger partial charge in [0.1, 0.15) is 5.69 Å². The third kappa shape index (κ3) is 6.40. The van der Waals surface area contributed by atoms with Crippen LogP contribution in [0.1, 0.15) is 35.3 Å². The van der Waals surface area contributed by atoms with Gasteiger partial charge in [0.15, 0.2) is 5.11 Å². The molecular weight excluding hydrogens is 459 g/mol. The highest BCUT2D eigenvalue weighted by Gasteiger charge is 2.11. The van der Waals surface area contributed by atoms with Crippen LogP contribution in [0.2, 0.25) is 10.0 Å². The monoisotopic (exact) mass is 478 g/mol. The molecule has 1 aromatic heterocycles. The Morgan fingerprint density at radius 3 is 2.30 bits per heavy atom. The largest absolute Gasteiger partial charge is 0.332 e. The van der Waals surface area contributed by atoms with Crippen molar-refractivity contribution in [3.8, 4) is 0 Å². The third-order valence-corrected chi connectivity index (χ3v) is 5.96. The number of thiocarbonyl (C=S) groups is 1. The molecule has 30 heavy (non-hydrogen) atoms. The third-order valence-electron chi connectivity index (χ3n) is 4.11. The van der Waals surface area contributed by atoms with Gasteiger partial charge in [0.25, 0.3) is 5.91 Å². The van der Waals surface area contributed by atoms with Crippen molar-refractivity contribution < 1.29 is 4.79 Å². The van der Waals surface area contributed by atoms with E-state index < -0.39 is 0 Å². The van der Waals surface area contributed by atoms with Gasteiger partial charge in [0, 0.05) is 22.4 Å². The molecular formula is C21H20Cl2N4OS2. The van der Waals surface area contributed by atoms with E-state index >= 15 is 0 Å². The summed E-state index contributed by atoms with van der Waals surface area (Å²) in [5.74, 6) is -0.216. The Morgan fingerprint density at radius 2 is 1.63 bits per heavy atom. The number of aromatic nitrogens is 1. The average Bonchev–Trinajstić information content (AvgIpc) is 3.20. The molecule has 0 saturated carbocycles. The van der Waals surface area contributed by atoms with Crippen LogP contribution in [0.15, 0.2) is 47.8 Å². The number of carbonyl (C=O) groups excluding carboxylic acids is 1. The minimum atomic E-state index is -0.216. The molecule has 1 amide bonds. The van der Waals surface area contributed by atoms with Gasteiger partial charge < -0.3 is 16.0 Å². The first-order valence-electron chi connectivity index (χ1n) is 9.33. The predicted octanol–water partition coefficient (Wildman–Crippen LogP) is 6.85. The molecule has 5 nitrogen and oxygen atoms in total. The van der Waals surface area contributed by atoms with Crippen LogP contribution in [0.4, 0.5) is 17.1 Å². The maximum Gasteiger partial charge on any atom is 0.275 e. The second kappa shape index (κ2) is 10.7. The van der Waals surface area contributed by atoms with Gasteiger partial charge in [0.05, 0.1) is 15.1 Å². The van der Waals surface area contributed by atoms with Gasteiger partial charge in [-0.05, 0) is 67.5 Å². The van der Waals surface area contributed by atoms with Crippen LogP contribution in [0.3, 0.4) is 0 Å². The molecule has 0 fully saturated rings. The number of hydrogen-bond donors (Lipinski definition) is 3. The molecule has 3 aromatic rings. The zero-order valence-corrected chi connectivity index (χ0v) is 19.3. The lowest BCUT2D eigenvalue weighted by atomic mass is 10.2. The van der Waals surface area contributed by atoms with Crippen molar-refractivity contribution in [2.75, 3.05) is 16.0 Å². The van der Waals surface area contributed by atoms with Crippen molar-refractivity contribution >= 4 is 74.8 Å². The van der Waals surface area contributed by atoms with E-state index in [4.69, 9.17) is 35.4 Å². The molecule has 9 heteroatoms. The predicted molar refractivity (Wildman–Crippen MR) is 131 cm³/mol. The van der Waals surface area contributed by atoms with Crippen LogP contribution < -0.4 is 16.0 Å². The Labute approximate surface area is 194 Å². The molecule has 0 bridgehead atoms. The van der Waals surface area contributed by atoms with Crippen molar-refractivity contribution in [3.05, 3.63) is 68.6 Å². The Bertz CT molecular complexity index is 1040. The fourth-order valence-electron chi connectivity index (χ4n) is 2.56. The van der Waals surface area contributed by atoms with E-state index in [2.05, 4.69) is 27.9 Å². The molecule has 0 radical (unpaired) electrons. The number of halogens is 2. The van der Waals surface area contributed by atoms with Crippen molar-refractivity contribution in [2.45, 2.75) is 26.2 Å². The molecule has 156 valence electrons. The summed E-state index contributed by atoms with van der Waals surface area (Å²) in [6, 6.07) is 12.4. The summed E-state index contributed by atoms with van der Waals surface area (Å²) in [6.07, 6.45) is 3.09. The molecule has 2 aromatic carbocycles. The number of unbranched alkanes of at least 4 members (excludes halogenated alkanes) is 1. The van der Waals surface area contributed by atoms with Crippen LogP contribution in [0.5, 0.6) is 0 Å². The van der Waals surface area contributed by atoms with Crippen LogP contribution in [-0.2, 0) is 6.42 Å². The first-order valence-corrected chi connectivity index (χ1v) is 11.4. The zero-order valence-electron chi connectivity index (χ0n) is 16.2. The Kier molecular flexibility index (Phi) is 8.04. The SMILES string of the molecule is CCCCc1nc(C(=O)Nc2ccc(NC(=S)Nc3ccc(Cl)c(Cl)c3)cc2)cs1. The minimum absolute atomic E-state index is 0.216. The minimum Gasteiger partial charge on any atom is -0.332 e. The lowest BCUT2D eigenvalue weighted by Crippen LogP contribution is -2.19. The lowest BCUT2D eigenvalue weighted by molar-refractivity contribution is 0.102. The summed E-state index contributed by atoms with van der Waals surface area (Å²) in [5.41, 5.74) is 2.63. The fourth-order valence-corrected chi connectivity index (χ4v) is 3.91. The summed E-state index contributed by atoms with van der Waals surface area (Å²) >= 11 is 18.8. The van der Waals surface area contributed by atoms with Gasteiger partial charge in [-0.15, -0.1) is 11.3 Å². The number of carbonyl (C=O) groups is 1. The first-order chi connectivity index (χ1) is 14.4. The number of nitrogens with zero attached hydrogens (tertiary/aromatic N) is 1. The van der Waals surface area contributed by atoms with Crippen LogP contribution in [-0.4, -0.2) is 16.0 Å². The van der Waals surface area contributed by atoms with Gasteiger partial charge in [-0.2, -0.15) is 0 Å². The highest BCUT2D eigenvalue weighted by Crippen LogP contribution is 2.25. The van der Waals surface area contributed by atoms with Gasteiger partial charge >= 0.3 is 0 Å².